The maximum atomic E-state index is 11.6. The van der Waals surface area contributed by atoms with Crippen LogP contribution in [0.15, 0.2) is 0 Å². The van der Waals surface area contributed by atoms with Crippen molar-refractivity contribution in [2.75, 3.05) is 0 Å². The second-order valence-corrected chi connectivity index (χ2v) is 21.9. The first kappa shape index (κ1) is 26.5. The number of rotatable bonds is 5. The number of ether oxygens (including phenoxy) is 2. The van der Waals surface area contributed by atoms with Gasteiger partial charge in [-0.05, 0) is 43.2 Å². The van der Waals surface area contributed by atoms with Crippen molar-refractivity contribution in [3.05, 3.63) is 0 Å². The minimum atomic E-state index is -2.06. The monoisotopic (exact) mass is 544 g/mol. The van der Waals surface area contributed by atoms with Crippen LogP contribution in [0.4, 0.5) is 0 Å². The minimum absolute atomic E-state index is 0.0728. The Balaban J connectivity index is 3.28. The molecule has 28 heavy (non-hydrogen) atoms. The fourth-order valence-electron chi connectivity index (χ4n) is 2.55. The maximum Gasteiger partial charge on any atom is 0.304 e. The van der Waals surface area contributed by atoms with E-state index in [4.69, 9.17) is 18.3 Å². The van der Waals surface area contributed by atoms with E-state index < -0.39 is 22.9 Å². The van der Waals surface area contributed by atoms with Crippen molar-refractivity contribution in [3.8, 4) is 0 Å². The lowest BCUT2D eigenvalue weighted by Gasteiger charge is -2.51. The molecular weight excluding hydrogens is 503 g/mol. The highest BCUT2D eigenvalue weighted by molar-refractivity contribution is 14.1. The standard InChI is InChI=1S/C20H41IO5Si2/c1-13-16(25-27(9,10)19(3,4)5)17(26-28(11,12)20(6,7)8)15(21)18(23-13)24-14(2)22/h13,15-18H,1-12H3/t13-,15-,16+,17+,18+/m0/s1. The molecule has 1 heterocycles. The van der Waals surface area contributed by atoms with Gasteiger partial charge >= 0.3 is 5.97 Å². The average Bonchev–Trinajstić information content (AvgIpc) is 2.45. The number of hydrogen-bond acceptors (Lipinski definition) is 5. The summed E-state index contributed by atoms with van der Waals surface area (Å²) in [5.41, 5.74) is 0. The summed E-state index contributed by atoms with van der Waals surface area (Å²) in [5.74, 6) is -0.339. The molecule has 0 aromatic heterocycles. The van der Waals surface area contributed by atoms with Crippen molar-refractivity contribution in [1.82, 2.24) is 0 Å². The lowest BCUT2D eigenvalue weighted by atomic mass is 10.0. The third kappa shape index (κ3) is 6.26. The number of esters is 1. The van der Waals surface area contributed by atoms with E-state index in [0.29, 0.717) is 0 Å². The molecule has 5 nitrogen and oxygen atoms in total. The zero-order valence-electron chi connectivity index (χ0n) is 19.8. The summed E-state index contributed by atoms with van der Waals surface area (Å²) in [6.45, 7) is 25.8. The number of alkyl halides is 1. The molecule has 0 aliphatic carbocycles. The minimum Gasteiger partial charge on any atom is -0.435 e. The summed E-state index contributed by atoms with van der Waals surface area (Å²) in [4.78, 5) is 11.6. The summed E-state index contributed by atoms with van der Waals surface area (Å²) >= 11 is 2.31. The van der Waals surface area contributed by atoms with E-state index >= 15 is 0 Å². The van der Waals surface area contributed by atoms with Crippen molar-refractivity contribution in [1.29, 1.82) is 0 Å². The van der Waals surface area contributed by atoms with Crippen LogP contribution in [0.3, 0.4) is 0 Å². The molecule has 5 atom stereocenters. The summed E-state index contributed by atoms with van der Waals surface area (Å²) in [7, 11) is -4.10. The molecule has 8 heteroatoms. The van der Waals surface area contributed by atoms with Gasteiger partial charge in [-0.1, -0.05) is 64.1 Å². The predicted octanol–water partition coefficient (Wildman–Crippen LogP) is 5.88. The van der Waals surface area contributed by atoms with Crippen molar-refractivity contribution >= 4 is 45.2 Å². The fraction of sp³-hybridized carbons (Fsp3) is 0.950. The van der Waals surface area contributed by atoms with Crippen LogP contribution < -0.4 is 0 Å². The van der Waals surface area contributed by atoms with Gasteiger partial charge in [0.05, 0.1) is 18.3 Å². The molecule has 1 fully saturated rings. The first-order valence-corrected chi connectivity index (χ1v) is 17.2. The van der Waals surface area contributed by atoms with Gasteiger partial charge in [0.15, 0.2) is 16.6 Å². The largest absolute Gasteiger partial charge is 0.435 e. The molecule has 0 N–H and O–H groups in total. The molecule has 0 aromatic rings. The number of carbonyl (C=O) groups is 1. The molecule has 0 bridgehead atoms. The van der Waals surface area contributed by atoms with E-state index in [1.807, 2.05) is 6.92 Å². The van der Waals surface area contributed by atoms with Gasteiger partial charge in [-0.3, -0.25) is 4.79 Å². The number of hydrogen-bond donors (Lipinski definition) is 0. The van der Waals surface area contributed by atoms with Crippen LogP contribution in [0.5, 0.6) is 0 Å². The van der Waals surface area contributed by atoms with Gasteiger partial charge in [0.25, 0.3) is 0 Å². The summed E-state index contributed by atoms with van der Waals surface area (Å²) in [6, 6.07) is 0. The first-order valence-electron chi connectivity index (χ1n) is 10.1. The van der Waals surface area contributed by atoms with Crippen LogP contribution in [-0.4, -0.2) is 51.1 Å². The Morgan fingerprint density at radius 1 is 0.893 bits per heavy atom. The molecule has 0 radical (unpaired) electrons. The van der Waals surface area contributed by atoms with E-state index in [1.54, 1.807) is 0 Å². The Hall–Kier alpha value is 0.514. The highest BCUT2D eigenvalue weighted by Crippen LogP contribution is 2.44. The smallest absolute Gasteiger partial charge is 0.304 e. The highest BCUT2D eigenvalue weighted by Gasteiger charge is 2.52. The van der Waals surface area contributed by atoms with Crippen LogP contribution in [-0.2, 0) is 23.1 Å². The molecule has 0 amide bonds. The van der Waals surface area contributed by atoms with Crippen LogP contribution in [0.25, 0.3) is 0 Å². The van der Waals surface area contributed by atoms with Crippen LogP contribution in [0.2, 0.25) is 36.3 Å². The quantitative estimate of drug-likeness (QED) is 0.187. The normalized spacial score (nSPS) is 30.2. The van der Waals surface area contributed by atoms with E-state index in [2.05, 4.69) is 90.3 Å². The second kappa shape index (κ2) is 8.94. The zero-order valence-corrected chi connectivity index (χ0v) is 24.0. The number of halogens is 1. The van der Waals surface area contributed by atoms with Crippen molar-refractivity contribution in [2.24, 2.45) is 0 Å². The van der Waals surface area contributed by atoms with Crippen molar-refractivity contribution < 1.29 is 23.1 Å². The molecule has 1 rings (SSSR count). The molecule has 1 aliphatic heterocycles. The molecular formula is C20H41IO5Si2. The van der Waals surface area contributed by atoms with Gasteiger partial charge in [0, 0.05) is 6.92 Å². The molecule has 0 aromatic carbocycles. The lowest BCUT2D eigenvalue weighted by molar-refractivity contribution is -0.229. The summed E-state index contributed by atoms with van der Waals surface area (Å²) < 4.78 is 25.1. The van der Waals surface area contributed by atoms with Gasteiger partial charge < -0.3 is 18.3 Å². The Morgan fingerprint density at radius 3 is 1.64 bits per heavy atom. The van der Waals surface area contributed by atoms with E-state index in [9.17, 15) is 4.79 Å². The SMILES string of the molecule is CC(=O)O[C@H]1O[C@@H](C)[C@@H](O[Si](C)(C)C(C)(C)C)[C@H](O[Si](C)(C)C(C)(C)C)[C@@H]1I. The molecule has 0 spiro atoms. The Bertz CT molecular complexity index is 554. The molecule has 1 saturated heterocycles. The van der Waals surface area contributed by atoms with Crippen LogP contribution in [0.1, 0.15) is 55.4 Å². The van der Waals surface area contributed by atoms with Gasteiger partial charge in [-0.2, -0.15) is 0 Å². The van der Waals surface area contributed by atoms with E-state index in [-0.39, 0.29) is 38.3 Å². The zero-order chi connectivity index (χ0) is 22.3. The third-order valence-electron chi connectivity index (χ3n) is 6.46. The van der Waals surface area contributed by atoms with Gasteiger partial charge in [0.2, 0.25) is 6.29 Å². The average molecular weight is 545 g/mol. The Morgan fingerprint density at radius 2 is 1.29 bits per heavy atom. The van der Waals surface area contributed by atoms with Gasteiger partial charge in [-0.25, -0.2) is 0 Å². The molecule has 0 saturated carbocycles. The highest BCUT2D eigenvalue weighted by atomic mass is 127. The van der Waals surface area contributed by atoms with Gasteiger partial charge in [0.1, 0.15) is 3.92 Å². The lowest BCUT2D eigenvalue weighted by Crippen LogP contribution is -2.63. The topological polar surface area (TPSA) is 54.0 Å². The van der Waals surface area contributed by atoms with Crippen LogP contribution >= 0.6 is 22.6 Å². The fourth-order valence-corrected chi connectivity index (χ4v) is 6.38. The molecule has 1 aliphatic rings. The summed E-state index contributed by atoms with van der Waals surface area (Å²) in [5, 5.41) is 0.158. The third-order valence-corrected chi connectivity index (χ3v) is 16.7. The Labute approximate surface area is 188 Å². The molecule has 0 unspecified atom stereocenters. The maximum absolute atomic E-state index is 11.6. The Kier molecular flexibility index (Phi) is 8.48. The molecule has 166 valence electrons. The van der Waals surface area contributed by atoms with E-state index in [0.717, 1.165) is 0 Å². The van der Waals surface area contributed by atoms with E-state index in [1.165, 1.54) is 6.92 Å². The predicted molar refractivity (Wildman–Crippen MR) is 128 cm³/mol. The first-order chi connectivity index (χ1) is 12.3. The number of carbonyl (C=O) groups excluding carboxylic acids is 1. The van der Waals surface area contributed by atoms with Crippen LogP contribution in [0, 0.1) is 0 Å². The summed E-state index contributed by atoms with van der Waals surface area (Å²) in [6.07, 6.45) is -1.23. The van der Waals surface area contributed by atoms with Crippen molar-refractivity contribution in [2.45, 2.75) is 120 Å². The second-order valence-electron chi connectivity index (χ2n) is 10.9. The van der Waals surface area contributed by atoms with Crippen molar-refractivity contribution in [3.63, 3.8) is 0 Å². The van der Waals surface area contributed by atoms with Gasteiger partial charge in [-0.15, -0.1) is 0 Å².